The molecule has 0 aromatic rings. The Morgan fingerprint density at radius 2 is 2.22 bits per heavy atom. The summed E-state index contributed by atoms with van der Waals surface area (Å²) in [5, 5.41) is 0. The molecule has 9 heavy (non-hydrogen) atoms. The van der Waals surface area contributed by atoms with Crippen molar-refractivity contribution >= 4 is 17.1 Å². The van der Waals surface area contributed by atoms with Crippen LogP contribution >= 0.6 is 12.2 Å². The number of hydrogen-bond acceptors (Lipinski definition) is 3. The first-order valence-corrected chi connectivity index (χ1v) is 2.97. The van der Waals surface area contributed by atoms with Crippen molar-refractivity contribution in [3.05, 3.63) is 23.5 Å². The predicted octanol–water partition coefficient (Wildman–Crippen LogP) is 0.248. The largest absolute Gasteiger partial charge is 0.402 e. The van der Waals surface area contributed by atoms with Gasteiger partial charge in [-0.05, 0) is 6.08 Å². The lowest BCUT2D eigenvalue weighted by molar-refractivity contribution is 1.17. The Morgan fingerprint density at radius 1 is 1.56 bits per heavy atom. The molecule has 1 radical (unpaired) electrons. The van der Waals surface area contributed by atoms with Gasteiger partial charge in [-0.25, -0.2) is 0 Å². The molecule has 0 spiro atoms. The number of allylic oxidation sites excluding steroid dienone is 3. The predicted molar refractivity (Wildman–Crippen MR) is 40.4 cm³/mol. The van der Waals surface area contributed by atoms with Crippen LogP contribution in [0.25, 0.3) is 0 Å². The smallest absolute Gasteiger partial charge is 0.0423 e. The second-order valence-corrected chi connectivity index (χ2v) is 2.39. The summed E-state index contributed by atoms with van der Waals surface area (Å²) >= 11 is 4.83. The summed E-state index contributed by atoms with van der Waals surface area (Å²) in [5.41, 5.74) is 12.1. The number of rotatable bonds is 0. The molecule has 0 aromatic carbocycles. The van der Waals surface area contributed by atoms with Gasteiger partial charge < -0.3 is 11.5 Å². The standard InChI is InChI=1S/C6H7N2S/c7-4-1-5(8)3-6(9)2-4/h1H,2,7-8H2. The molecule has 0 unspecified atom stereocenters. The van der Waals surface area contributed by atoms with Crippen molar-refractivity contribution in [2.24, 2.45) is 11.5 Å². The number of hydrogen-bond donors (Lipinski definition) is 2. The van der Waals surface area contributed by atoms with Crippen LogP contribution in [0.15, 0.2) is 17.5 Å². The zero-order valence-corrected chi connectivity index (χ0v) is 5.66. The molecule has 0 aromatic heterocycles. The lowest BCUT2D eigenvalue weighted by atomic mass is 10.1. The summed E-state index contributed by atoms with van der Waals surface area (Å²) in [7, 11) is 0. The van der Waals surface area contributed by atoms with Crippen LogP contribution in [-0.2, 0) is 0 Å². The van der Waals surface area contributed by atoms with E-state index < -0.39 is 0 Å². The van der Waals surface area contributed by atoms with Crippen molar-refractivity contribution in [3.63, 3.8) is 0 Å². The molecule has 1 aliphatic rings. The molecule has 1 rings (SSSR count). The maximum absolute atomic E-state index is 5.45. The Hall–Kier alpha value is -0.830. The van der Waals surface area contributed by atoms with E-state index in [-0.39, 0.29) is 0 Å². The third-order valence-corrected chi connectivity index (χ3v) is 1.24. The Kier molecular flexibility index (Phi) is 1.53. The summed E-state index contributed by atoms with van der Waals surface area (Å²) < 4.78 is 0. The molecule has 2 nitrogen and oxygen atoms in total. The fraction of sp³-hybridized carbons (Fsp3) is 0.167. The van der Waals surface area contributed by atoms with Crippen LogP contribution in [0.1, 0.15) is 6.42 Å². The molecule has 0 saturated carbocycles. The minimum absolute atomic E-state index is 0.531. The van der Waals surface area contributed by atoms with Gasteiger partial charge in [-0.15, -0.1) is 0 Å². The molecule has 1 aliphatic carbocycles. The fourth-order valence-corrected chi connectivity index (χ4v) is 0.962. The third kappa shape index (κ3) is 1.54. The first-order valence-electron chi connectivity index (χ1n) is 2.57. The van der Waals surface area contributed by atoms with Crippen molar-refractivity contribution in [1.82, 2.24) is 0 Å². The van der Waals surface area contributed by atoms with Gasteiger partial charge in [0.25, 0.3) is 0 Å². The lowest BCUT2D eigenvalue weighted by Gasteiger charge is -2.05. The minimum Gasteiger partial charge on any atom is -0.402 e. The van der Waals surface area contributed by atoms with Crippen molar-refractivity contribution < 1.29 is 0 Å². The van der Waals surface area contributed by atoms with E-state index in [0.29, 0.717) is 17.0 Å². The van der Waals surface area contributed by atoms with E-state index in [1.165, 1.54) is 0 Å². The molecule has 3 heteroatoms. The molecule has 0 fully saturated rings. The summed E-state index contributed by atoms with van der Waals surface area (Å²) in [6.07, 6.45) is 5.08. The monoisotopic (exact) mass is 139 g/mol. The topological polar surface area (TPSA) is 52.0 Å². The molecule has 0 atom stereocenters. The molecule has 47 valence electrons. The highest BCUT2D eigenvalue weighted by atomic mass is 32.1. The molecule has 0 aliphatic heterocycles. The van der Waals surface area contributed by atoms with E-state index in [0.717, 1.165) is 5.70 Å². The van der Waals surface area contributed by atoms with E-state index in [1.807, 2.05) is 0 Å². The molecule has 0 bridgehead atoms. The van der Waals surface area contributed by atoms with Crippen molar-refractivity contribution in [3.8, 4) is 0 Å². The first-order chi connectivity index (χ1) is 4.18. The van der Waals surface area contributed by atoms with Gasteiger partial charge in [0.1, 0.15) is 0 Å². The lowest BCUT2D eigenvalue weighted by Crippen LogP contribution is -2.12. The molecule has 0 amide bonds. The summed E-state index contributed by atoms with van der Waals surface area (Å²) in [6, 6.07) is 0. The SMILES string of the molecule is NC1=[C]C(=S)CC(N)=C1. The number of nitrogens with two attached hydrogens (primary N) is 2. The van der Waals surface area contributed by atoms with E-state index in [4.69, 9.17) is 23.7 Å². The van der Waals surface area contributed by atoms with E-state index in [1.54, 1.807) is 6.08 Å². The minimum atomic E-state index is 0.531. The molecule has 0 saturated heterocycles. The van der Waals surface area contributed by atoms with Crippen molar-refractivity contribution in [1.29, 1.82) is 0 Å². The highest BCUT2D eigenvalue weighted by Crippen LogP contribution is 2.06. The second kappa shape index (κ2) is 2.19. The summed E-state index contributed by atoms with van der Waals surface area (Å²) in [6.45, 7) is 0. The van der Waals surface area contributed by atoms with Crippen LogP contribution in [0.2, 0.25) is 0 Å². The Morgan fingerprint density at radius 3 is 2.67 bits per heavy atom. The summed E-state index contributed by atoms with van der Waals surface area (Å²) in [4.78, 5) is 0.688. The van der Waals surface area contributed by atoms with Gasteiger partial charge in [-0.1, -0.05) is 12.2 Å². The average molecular weight is 139 g/mol. The highest BCUT2D eigenvalue weighted by molar-refractivity contribution is 7.80. The van der Waals surface area contributed by atoms with Crippen LogP contribution in [0, 0.1) is 6.08 Å². The summed E-state index contributed by atoms with van der Waals surface area (Å²) in [5.74, 6) is 0. The van der Waals surface area contributed by atoms with Crippen LogP contribution < -0.4 is 11.5 Å². The molecule has 4 N–H and O–H groups in total. The average Bonchev–Trinajstić information content (AvgIpc) is 1.59. The first kappa shape index (κ1) is 6.29. The highest BCUT2D eigenvalue weighted by Gasteiger charge is 2.03. The van der Waals surface area contributed by atoms with Gasteiger partial charge in [-0.3, -0.25) is 0 Å². The van der Waals surface area contributed by atoms with Gasteiger partial charge in [0.2, 0.25) is 0 Å². The van der Waals surface area contributed by atoms with Crippen LogP contribution in [0.5, 0.6) is 0 Å². The van der Waals surface area contributed by atoms with Gasteiger partial charge in [0.05, 0.1) is 0 Å². The Balaban J connectivity index is 2.86. The van der Waals surface area contributed by atoms with Gasteiger partial charge in [0, 0.05) is 28.8 Å². The molecule has 0 heterocycles. The molecular weight excluding hydrogens is 132 g/mol. The molecular formula is C6H7N2S. The van der Waals surface area contributed by atoms with Gasteiger partial charge in [0.15, 0.2) is 0 Å². The maximum Gasteiger partial charge on any atom is 0.0423 e. The van der Waals surface area contributed by atoms with Crippen molar-refractivity contribution in [2.75, 3.05) is 0 Å². The van der Waals surface area contributed by atoms with Crippen molar-refractivity contribution in [2.45, 2.75) is 6.42 Å². The van der Waals surface area contributed by atoms with Crippen LogP contribution in [-0.4, -0.2) is 4.86 Å². The maximum atomic E-state index is 5.45. The Labute approximate surface area is 59.2 Å². The zero-order chi connectivity index (χ0) is 6.85. The van der Waals surface area contributed by atoms with Crippen LogP contribution in [0.4, 0.5) is 0 Å². The zero-order valence-electron chi connectivity index (χ0n) is 4.85. The fourth-order valence-electron chi connectivity index (χ4n) is 0.677. The second-order valence-electron chi connectivity index (χ2n) is 1.90. The normalized spacial score (nSPS) is 18.9. The van der Waals surface area contributed by atoms with Gasteiger partial charge in [-0.2, -0.15) is 0 Å². The van der Waals surface area contributed by atoms with E-state index in [9.17, 15) is 0 Å². The third-order valence-electron chi connectivity index (χ3n) is 0.989. The Bertz CT molecular complexity index is 203. The quantitative estimate of drug-likeness (QED) is 0.473. The van der Waals surface area contributed by atoms with Gasteiger partial charge >= 0.3 is 0 Å². The van der Waals surface area contributed by atoms with E-state index in [2.05, 4.69) is 6.08 Å². The van der Waals surface area contributed by atoms with Crippen LogP contribution in [0.3, 0.4) is 0 Å². The number of thiocarbonyl (C=S) groups is 1. The van der Waals surface area contributed by atoms with E-state index >= 15 is 0 Å².